The number of carboxylic acids is 1. The predicted molar refractivity (Wildman–Crippen MR) is 70.5 cm³/mol. The van der Waals surface area contributed by atoms with Gasteiger partial charge in [-0.05, 0) is 43.9 Å². The number of amides is 1. The van der Waals surface area contributed by atoms with E-state index >= 15 is 0 Å². The summed E-state index contributed by atoms with van der Waals surface area (Å²) in [6.07, 6.45) is 8.22. The molecule has 0 spiro atoms. The fourth-order valence-corrected chi connectivity index (χ4v) is 3.63. The molecule has 3 fully saturated rings. The Balaban J connectivity index is 1.56. The smallest absolute Gasteiger partial charge is 0.308 e. The lowest BCUT2D eigenvalue weighted by atomic mass is 9.94. The first-order valence-corrected chi connectivity index (χ1v) is 7.70. The molecule has 3 saturated carbocycles. The molecule has 3 aliphatic carbocycles. The van der Waals surface area contributed by atoms with Crippen molar-refractivity contribution in [3.8, 4) is 0 Å². The fourth-order valence-electron chi connectivity index (χ4n) is 3.63. The van der Waals surface area contributed by atoms with E-state index in [1.54, 1.807) is 0 Å². The van der Waals surface area contributed by atoms with Crippen LogP contribution in [0.1, 0.15) is 51.4 Å². The number of carbonyl (C=O) groups excluding carboxylic acids is 1. The first kappa shape index (κ1) is 12.9. The summed E-state index contributed by atoms with van der Waals surface area (Å²) in [5.41, 5.74) is 0. The highest BCUT2D eigenvalue weighted by Crippen LogP contribution is 2.54. The Morgan fingerprint density at radius 3 is 2.37 bits per heavy atom. The third kappa shape index (κ3) is 2.93. The van der Waals surface area contributed by atoms with Gasteiger partial charge in [0.2, 0.25) is 5.91 Å². The molecule has 3 aliphatic rings. The minimum absolute atomic E-state index is 0.120. The molecule has 0 saturated heterocycles. The van der Waals surface area contributed by atoms with Crippen LogP contribution in [0.3, 0.4) is 0 Å². The van der Waals surface area contributed by atoms with Gasteiger partial charge in [-0.3, -0.25) is 9.59 Å². The highest BCUT2D eigenvalue weighted by molar-refractivity contribution is 5.83. The van der Waals surface area contributed by atoms with E-state index in [-0.39, 0.29) is 23.8 Å². The van der Waals surface area contributed by atoms with Gasteiger partial charge in [0, 0.05) is 12.0 Å². The molecule has 0 aromatic carbocycles. The molecule has 0 heterocycles. The molecule has 19 heavy (non-hydrogen) atoms. The standard InChI is InChI=1S/C15H23NO3/c17-14(12-8-11(12)9-6-7-9)16-13-5-3-1-2-4-10(13)15(18)19/h9-13H,1-8H2,(H,16,17)(H,18,19)/t10-,11-,12+,13+/m1/s1. The molecule has 0 bridgehead atoms. The molecule has 1 amide bonds. The molecule has 0 aliphatic heterocycles. The zero-order valence-electron chi connectivity index (χ0n) is 11.3. The molecule has 4 nitrogen and oxygen atoms in total. The lowest BCUT2D eigenvalue weighted by Gasteiger charge is -2.23. The van der Waals surface area contributed by atoms with E-state index < -0.39 is 5.97 Å². The highest BCUT2D eigenvalue weighted by atomic mass is 16.4. The maximum Gasteiger partial charge on any atom is 0.308 e. The lowest BCUT2D eigenvalue weighted by molar-refractivity contribution is -0.143. The van der Waals surface area contributed by atoms with Crippen molar-refractivity contribution < 1.29 is 14.7 Å². The lowest BCUT2D eigenvalue weighted by Crippen LogP contribution is -2.43. The van der Waals surface area contributed by atoms with Crippen molar-refractivity contribution in [1.29, 1.82) is 0 Å². The van der Waals surface area contributed by atoms with Gasteiger partial charge in [0.1, 0.15) is 0 Å². The maximum atomic E-state index is 12.2. The van der Waals surface area contributed by atoms with Crippen LogP contribution in [0.25, 0.3) is 0 Å². The van der Waals surface area contributed by atoms with Crippen LogP contribution >= 0.6 is 0 Å². The van der Waals surface area contributed by atoms with Crippen LogP contribution in [0.2, 0.25) is 0 Å². The summed E-state index contributed by atoms with van der Waals surface area (Å²) in [5.74, 6) is 0.570. The predicted octanol–water partition coefficient (Wildman–Crippen LogP) is 2.18. The second kappa shape index (κ2) is 5.14. The SMILES string of the molecule is O=C(N[C@H]1CCCCC[C@H]1C(=O)O)[C@H]1C[C@@H]1C1CC1. The van der Waals surface area contributed by atoms with E-state index in [0.29, 0.717) is 12.3 Å². The van der Waals surface area contributed by atoms with Gasteiger partial charge in [-0.2, -0.15) is 0 Å². The molecule has 0 aromatic heterocycles. The number of nitrogens with one attached hydrogen (secondary N) is 1. The molecule has 2 N–H and O–H groups in total. The minimum Gasteiger partial charge on any atom is -0.481 e. The van der Waals surface area contributed by atoms with Crippen molar-refractivity contribution in [2.75, 3.05) is 0 Å². The fraction of sp³-hybridized carbons (Fsp3) is 0.867. The first-order valence-electron chi connectivity index (χ1n) is 7.70. The van der Waals surface area contributed by atoms with E-state index in [9.17, 15) is 14.7 Å². The number of carboxylic acid groups (broad SMARTS) is 1. The van der Waals surface area contributed by atoms with Gasteiger partial charge >= 0.3 is 5.97 Å². The normalized spacial score (nSPS) is 38.3. The number of carbonyl (C=O) groups is 2. The molecule has 0 aromatic rings. The van der Waals surface area contributed by atoms with E-state index in [4.69, 9.17) is 0 Å². The van der Waals surface area contributed by atoms with Crippen molar-refractivity contribution in [3.63, 3.8) is 0 Å². The van der Waals surface area contributed by atoms with Crippen LogP contribution in [-0.4, -0.2) is 23.0 Å². The Morgan fingerprint density at radius 1 is 0.947 bits per heavy atom. The second-order valence-electron chi connectivity index (χ2n) is 6.54. The second-order valence-corrected chi connectivity index (χ2v) is 6.54. The Morgan fingerprint density at radius 2 is 1.68 bits per heavy atom. The Hall–Kier alpha value is -1.06. The highest BCUT2D eigenvalue weighted by Gasteiger charge is 2.51. The molecular weight excluding hydrogens is 242 g/mol. The average molecular weight is 265 g/mol. The van der Waals surface area contributed by atoms with Crippen LogP contribution in [-0.2, 0) is 9.59 Å². The number of aliphatic carboxylic acids is 1. The van der Waals surface area contributed by atoms with Gasteiger partial charge < -0.3 is 10.4 Å². The number of hydrogen-bond donors (Lipinski definition) is 2. The van der Waals surface area contributed by atoms with Crippen LogP contribution in [0.15, 0.2) is 0 Å². The molecule has 106 valence electrons. The minimum atomic E-state index is -0.748. The summed E-state index contributed by atoms with van der Waals surface area (Å²) in [7, 11) is 0. The van der Waals surface area contributed by atoms with Crippen molar-refractivity contribution in [3.05, 3.63) is 0 Å². The zero-order chi connectivity index (χ0) is 13.4. The van der Waals surface area contributed by atoms with Gasteiger partial charge in [-0.25, -0.2) is 0 Å². The molecule has 4 heteroatoms. The van der Waals surface area contributed by atoms with Crippen molar-refractivity contribution in [2.24, 2.45) is 23.7 Å². The zero-order valence-corrected chi connectivity index (χ0v) is 11.3. The summed E-state index contributed by atoms with van der Waals surface area (Å²) in [6, 6.07) is -0.145. The van der Waals surface area contributed by atoms with Crippen LogP contribution in [0.5, 0.6) is 0 Å². The van der Waals surface area contributed by atoms with Gasteiger partial charge in [0.05, 0.1) is 5.92 Å². The van der Waals surface area contributed by atoms with Gasteiger partial charge in [0.15, 0.2) is 0 Å². The van der Waals surface area contributed by atoms with Crippen molar-refractivity contribution in [1.82, 2.24) is 5.32 Å². The third-order valence-electron chi connectivity index (χ3n) is 5.06. The molecule has 4 atom stereocenters. The Kier molecular flexibility index (Phi) is 3.50. The van der Waals surface area contributed by atoms with Gasteiger partial charge in [-0.1, -0.05) is 19.3 Å². The van der Waals surface area contributed by atoms with E-state index in [1.807, 2.05) is 0 Å². The van der Waals surface area contributed by atoms with E-state index in [0.717, 1.165) is 38.0 Å². The molecule has 0 unspecified atom stereocenters. The summed E-state index contributed by atoms with van der Waals surface area (Å²) in [6.45, 7) is 0. The monoisotopic (exact) mass is 265 g/mol. The molecule has 0 radical (unpaired) electrons. The molecule has 3 rings (SSSR count). The van der Waals surface area contributed by atoms with E-state index in [2.05, 4.69) is 5.32 Å². The van der Waals surface area contributed by atoms with Crippen molar-refractivity contribution >= 4 is 11.9 Å². The summed E-state index contributed by atoms with van der Waals surface area (Å²) in [5, 5.41) is 12.3. The Labute approximate surface area is 113 Å². The van der Waals surface area contributed by atoms with Gasteiger partial charge in [0.25, 0.3) is 0 Å². The number of hydrogen-bond acceptors (Lipinski definition) is 2. The van der Waals surface area contributed by atoms with Crippen LogP contribution < -0.4 is 5.32 Å². The number of rotatable bonds is 4. The Bertz CT molecular complexity index is 378. The summed E-state index contributed by atoms with van der Waals surface area (Å²) < 4.78 is 0. The first-order chi connectivity index (χ1) is 9.16. The topological polar surface area (TPSA) is 66.4 Å². The molecular formula is C15H23NO3. The largest absolute Gasteiger partial charge is 0.481 e. The van der Waals surface area contributed by atoms with E-state index in [1.165, 1.54) is 12.8 Å². The average Bonchev–Trinajstić information content (AvgIpc) is 3.21. The van der Waals surface area contributed by atoms with Crippen LogP contribution in [0.4, 0.5) is 0 Å². The van der Waals surface area contributed by atoms with Crippen molar-refractivity contribution in [2.45, 2.75) is 57.4 Å². The third-order valence-corrected chi connectivity index (χ3v) is 5.06. The van der Waals surface area contributed by atoms with Crippen LogP contribution in [0, 0.1) is 23.7 Å². The van der Waals surface area contributed by atoms with Gasteiger partial charge in [-0.15, -0.1) is 0 Å². The summed E-state index contributed by atoms with van der Waals surface area (Å²) in [4.78, 5) is 23.5. The summed E-state index contributed by atoms with van der Waals surface area (Å²) >= 11 is 0. The maximum absolute atomic E-state index is 12.2. The quantitative estimate of drug-likeness (QED) is 0.766.